The second kappa shape index (κ2) is 9.98. The van der Waals surface area contributed by atoms with Gasteiger partial charge in [-0.3, -0.25) is 0 Å². The minimum Gasteiger partial charge on any atom is -0.449 e. The summed E-state index contributed by atoms with van der Waals surface area (Å²) in [6.07, 6.45) is 11.8. The van der Waals surface area contributed by atoms with Gasteiger partial charge in [0.25, 0.3) is 0 Å². The van der Waals surface area contributed by atoms with E-state index in [0.717, 1.165) is 32.6 Å². The number of allylic oxidation sites excluding steroid dienone is 1. The SMILES string of the molecule is C=C(C)[C@@H]1CC[C@]2(COC(=O)N3CCN(C)CC3)CC[C@]3(C)[C@H](CC[C@@H]4[C@@]5(C)CC[C@H](O)C(C)(C)[C@@H]5CC[C@]43C)[C@@H]12. The summed E-state index contributed by atoms with van der Waals surface area (Å²) in [4.78, 5) is 17.4. The van der Waals surface area contributed by atoms with E-state index in [9.17, 15) is 9.90 Å². The van der Waals surface area contributed by atoms with Crippen molar-refractivity contribution < 1.29 is 14.6 Å². The minimum absolute atomic E-state index is 0.00203. The van der Waals surface area contributed by atoms with Gasteiger partial charge in [0, 0.05) is 31.6 Å². The van der Waals surface area contributed by atoms with Crippen LogP contribution in [0.3, 0.4) is 0 Å². The number of rotatable bonds is 3. The predicted octanol–water partition coefficient (Wildman–Crippen LogP) is 7.39. The lowest BCUT2D eigenvalue weighted by Crippen LogP contribution is -2.66. The van der Waals surface area contributed by atoms with Gasteiger partial charge in [0.2, 0.25) is 0 Å². The smallest absolute Gasteiger partial charge is 0.409 e. The molecule has 0 bridgehead atoms. The maximum absolute atomic E-state index is 13.2. The molecule has 0 aromatic heterocycles. The van der Waals surface area contributed by atoms with E-state index >= 15 is 0 Å². The quantitative estimate of drug-likeness (QED) is 0.361. The Morgan fingerprint density at radius 1 is 0.854 bits per heavy atom. The van der Waals surface area contributed by atoms with Crippen LogP contribution < -0.4 is 0 Å². The van der Waals surface area contributed by atoms with E-state index in [4.69, 9.17) is 4.74 Å². The number of fused-ring (bicyclic) bond motifs is 7. The highest BCUT2D eigenvalue weighted by Gasteiger charge is 2.71. The van der Waals surface area contributed by atoms with Gasteiger partial charge in [-0.1, -0.05) is 46.8 Å². The van der Waals surface area contributed by atoms with E-state index in [0.29, 0.717) is 47.0 Å². The first kappa shape index (κ1) is 30.0. The van der Waals surface area contributed by atoms with Crippen LogP contribution >= 0.6 is 0 Å². The van der Waals surface area contributed by atoms with Gasteiger partial charge < -0.3 is 19.6 Å². The van der Waals surface area contributed by atoms with Crippen molar-refractivity contribution >= 4 is 6.09 Å². The van der Waals surface area contributed by atoms with Crippen LogP contribution in [0.25, 0.3) is 0 Å². The Balaban J connectivity index is 1.28. The molecule has 0 aromatic rings. The van der Waals surface area contributed by atoms with Gasteiger partial charge in [0.1, 0.15) is 0 Å². The Hall–Kier alpha value is -1.07. The maximum Gasteiger partial charge on any atom is 0.409 e. The third-order valence-corrected chi connectivity index (χ3v) is 15.5. The molecular weight excluding hydrogens is 508 g/mol. The number of carbonyl (C=O) groups is 1. The molecule has 0 radical (unpaired) electrons. The zero-order chi connectivity index (χ0) is 29.6. The zero-order valence-electron chi connectivity index (χ0n) is 27.4. The van der Waals surface area contributed by atoms with E-state index in [1.165, 1.54) is 63.4 Å². The standard InChI is InChI=1S/C36H60N2O3/c1-24(2)25-11-16-36(23-41-31(40)38-21-19-37(8)20-22-38)18-17-34(6)26(30(25)36)9-10-28-33(5)14-13-29(39)32(3,4)27(33)12-15-35(28,34)7/h25-30,39H,1,9-23H2,2-8H3/t25-,26+,27-,28+,29-,30+,33-,34+,35+,36+/m0/s1. The van der Waals surface area contributed by atoms with Crippen LogP contribution in [0.2, 0.25) is 0 Å². The number of aliphatic hydroxyl groups excluding tert-OH is 1. The normalized spacial score (nSPS) is 49.3. The first-order chi connectivity index (χ1) is 19.2. The molecule has 1 aliphatic heterocycles. The molecule has 5 aliphatic carbocycles. The van der Waals surface area contributed by atoms with Gasteiger partial charge in [0.05, 0.1) is 12.7 Å². The molecule has 5 heteroatoms. The van der Waals surface area contributed by atoms with Crippen molar-refractivity contribution in [2.24, 2.45) is 56.7 Å². The number of hydrogen-bond acceptors (Lipinski definition) is 4. The molecule has 10 atom stereocenters. The highest BCUT2D eigenvalue weighted by molar-refractivity contribution is 5.67. The summed E-state index contributed by atoms with van der Waals surface area (Å²) in [7, 11) is 2.13. The molecule has 1 heterocycles. The number of aliphatic hydroxyl groups is 1. The molecule has 6 rings (SSSR count). The van der Waals surface area contributed by atoms with E-state index in [1.54, 1.807) is 0 Å². The van der Waals surface area contributed by atoms with Crippen molar-refractivity contribution in [3.05, 3.63) is 12.2 Å². The second-order valence-corrected chi connectivity index (χ2v) is 17.3. The van der Waals surface area contributed by atoms with Crippen LogP contribution in [0, 0.1) is 56.7 Å². The molecule has 0 unspecified atom stereocenters. The Morgan fingerprint density at radius 2 is 1.56 bits per heavy atom. The Labute approximate surface area is 250 Å². The Morgan fingerprint density at radius 3 is 2.24 bits per heavy atom. The van der Waals surface area contributed by atoms with Gasteiger partial charge in [-0.05, 0) is 129 Å². The van der Waals surface area contributed by atoms with E-state index in [1.807, 2.05) is 4.90 Å². The number of amides is 1. The third kappa shape index (κ3) is 4.24. The van der Waals surface area contributed by atoms with Gasteiger partial charge in [0.15, 0.2) is 0 Å². The van der Waals surface area contributed by atoms with E-state index in [-0.39, 0.29) is 28.4 Å². The third-order valence-electron chi connectivity index (χ3n) is 15.5. The van der Waals surface area contributed by atoms with Crippen molar-refractivity contribution in [2.75, 3.05) is 39.8 Å². The van der Waals surface area contributed by atoms with Crippen molar-refractivity contribution in [2.45, 2.75) is 112 Å². The lowest BCUT2D eigenvalue weighted by Gasteiger charge is -2.73. The lowest BCUT2D eigenvalue weighted by molar-refractivity contribution is -0.249. The summed E-state index contributed by atoms with van der Waals surface area (Å²) in [6, 6.07) is 0. The van der Waals surface area contributed by atoms with Crippen LogP contribution in [0.1, 0.15) is 106 Å². The zero-order valence-corrected chi connectivity index (χ0v) is 27.4. The van der Waals surface area contributed by atoms with Crippen LogP contribution in [0.5, 0.6) is 0 Å². The van der Waals surface area contributed by atoms with Crippen LogP contribution in [0.15, 0.2) is 12.2 Å². The highest BCUT2D eigenvalue weighted by atomic mass is 16.6. The molecule has 5 nitrogen and oxygen atoms in total. The lowest BCUT2D eigenvalue weighted by atomic mass is 9.32. The first-order valence-corrected chi connectivity index (χ1v) is 17.1. The monoisotopic (exact) mass is 568 g/mol. The van der Waals surface area contributed by atoms with E-state index in [2.05, 4.69) is 60.1 Å². The summed E-state index contributed by atoms with van der Waals surface area (Å²) in [5, 5.41) is 11.0. The van der Waals surface area contributed by atoms with Crippen LogP contribution in [-0.2, 0) is 4.74 Å². The first-order valence-electron chi connectivity index (χ1n) is 17.1. The number of hydrogen-bond donors (Lipinski definition) is 1. The number of likely N-dealkylation sites (N-methyl/N-ethyl adjacent to an activating group) is 1. The summed E-state index contributed by atoms with van der Waals surface area (Å²) < 4.78 is 6.27. The fourth-order valence-corrected chi connectivity index (χ4v) is 12.8. The summed E-state index contributed by atoms with van der Waals surface area (Å²) >= 11 is 0. The number of nitrogens with zero attached hydrogens (tertiary/aromatic N) is 2. The Bertz CT molecular complexity index is 1050. The predicted molar refractivity (Wildman–Crippen MR) is 165 cm³/mol. The van der Waals surface area contributed by atoms with E-state index < -0.39 is 0 Å². The summed E-state index contributed by atoms with van der Waals surface area (Å²) in [6.45, 7) is 23.5. The van der Waals surface area contributed by atoms with Crippen molar-refractivity contribution in [3.63, 3.8) is 0 Å². The van der Waals surface area contributed by atoms with Crippen LogP contribution in [-0.4, -0.2) is 66.9 Å². The molecular formula is C36H60N2O3. The highest BCUT2D eigenvalue weighted by Crippen LogP contribution is 2.77. The molecule has 1 amide bonds. The van der Waals surface area contributed by atoms with Gasteiger partial charge >= 0.3 is 6.09 Å². The summed E-state index contributed by atoms with van der Waals surface area (Å²) in [5.74, 6) is 3.08. The molecule has 1 N–H and O–H groups in total. The minimum atomic E-state index is -0.171. The average Bonchev–Trinajstić information content (AvgIpc) is 3.31. The van der Waals surface area contributed by atoms with Gasteiger partial charge in [-0.2, -0.15) is 0 Å². The van der Waals surface area contributed by atoms with Crippen LogP contribution in [0.4, 0.5) is 4.79 Å². The largest absolute Gasteiger partial charge is 0.449 e. The molecule has 1 saturated heterocycles. The number of carbonyl (C=O) groups excluding carboxylic acids is 1. The topological polar surface area (TPSA) is 53.0 Å². The number of ether oxygens (including phenoxy) is 1. The van der Waals surface area contributed by atoms with Gasteiger partial charge in [-0.15, -0.1) is 0 Å². The van der Waals surface area contributed by atoms with Crippen molar-refractivity contribution in [3.8, 4) is 0 Å². The fraction of sp³-hybridized carbons (Fsp3) is 0.917. The van der Waals surface area contributed by atoms with Crippen molar-refractivity contribution in [1.82, 2.24) is 9.80 Å². The molecule has 6 aliphatic rings. The molecule has 0 aromatic carbocycles. The van der Waals surface area contributed by atoms with Crippen molar-refractivity contribution in [1.29, 1.82) is 0 Å². The number of piperazine rings is 1. The maximum atomic E-state index is 13.2. The second-order valence-electron chi connectivity index (χ2n) is 17.3. The molecule has 0 spiro atoms. The Kier molecular flexibility index (Phi) is 7.29. The average molecular weight is 569 g/mol. The van der Waals surface area contributed by atoms with Gasteiger partial charge in [-0.25, -0.2) is 4.79 Å². The fourth-order valence-electron chi connectivity index (χ4n) is 12.8. The summed E-state index contributed by atoms with van der Waals surface area (Å²) in [5.41, 5.74) is 2.34. The molecule has 6 fully saturated rings. The molecule has 41 heavy (non-hydrogen) atoms. The molecule has 232 valence electrons. The molecule has 5 saturated carbocycles.